The molecule has 6 heteroatoms. The Morgan fingerprint density at radius 2 is 1.76 bits per heavy atom. The van der Waals surface area contributed by atoms with Gasteiger partial charge < -0.3 is 15.0 Å². The summed E-state index contributed by atoms with van der Waals surface area (Å²) in [7, 11) is 0. The Labute approximate surface area is 148 Å². The van der Waals surface area contributed by atoms with Crippen LogP contribution in [0.3, 0.4) is 0 Å². The number of hydrogen-bond donors (Lipinski definition) is 1. The Morgan fingerprint density at radius 3 is 2.36 bits per heavy atom. The van der Waals surface area contributed by atoms with Crippen molar-refractivity contribution >= 4 is 17.4 Å². The summed E-state index contributed by atoms with van der Waals surface area (Å²) in [5.74, 6) is 1.36. The lowest BCUT2D eigenvalue weighted by molar-refractivity contribution is 0.102. The average Bonchev–Trinajstić information content (AvgIpc) is 2.93. The van der Waals surface area contributed by atoms with Gasteiger partial charge in [0.05, 0.1) is 6.61 Å². The SMILES string of the molecule is CCOc1ccc(NC(=O)c2ccc(N3CCCCCC3)nn2)cc1. The summed E-state index contributed by atoms with van der Waals surface area (Å²) in [5, 5.41) is 11.2. The van der Waals surface area contributed by atoms with Crippen LogP contribution in [0, 0.1) is 0 Å². The van der Waals surface area contributed by atoms with Gasteiger partial charge in [0.25, 0.3) is 5.91 Å². The lowest BCUT2D eigenvalue weighted by atomic mass is 10.2. The minimum Gasteiger partial charge on any atom is -0.494 e. The van der Waals surface area contributed by atoms with Gasteiger partial charge in [-0.1, -0.05) is 12.8 Å². The van der Waals surface area contributed by atoms with E-state index in [0.29, 0.717) is 18.0 Å². The van der Waals surface area contributed by atoms with Gasteiger partial charge in [-0.3, -0.25) is 4.79 Å². The number of benzene rings is 1. The summed E-state index contributed by atoms with van der Waals surface area (Å²) >= 11 is 0. The number of ether oxygens (including phenoxy) is 1. The Morgan fingerprint density at radius 1 is 1.04 bits per heavy atom. The third-order valence-corrected chi connectivity index (χ3v) is 4.24. The van der Waals surface area contributed by atoms with Crippen molar-refractivity contribution in [1.29, 1.82) is 0 Å². The van der Waals surface area contributed by atoms with E-state index in [0.717, 1.165) is 24.7 Å². The number of nitrogens with zero attached hydrogens (tertiary/aromatic N) is 3. The van der Waals surface area contributed by atoms with Crippen LogP contribution in [0.5, 0.6) is 5.75 Å². The van der Waals surface area contributed by atoms with Gasteiger partial charge in [0.15, 0.2) is 11.5 Å². The van der Waals surface area contributed by atoms with Gasteiger partial charge in [0.1, 0.15) is 5.75 Å². The lowest BCUT2D eigenvalue weighted by Gasteiger charge is -2.20. The van der Waals surface area contributed by atoms with Crippen molar-refractivity contribution in [2.75, 3.05) is 29.9 Å². The second-order valence-electron chi connectivity index (χ2n) is 6.09. The quantitative estimate of drug-likeness (QED) is 0.902. The molecule has 0 bridgehead atoms. The molecule has 0 radical (unpaired) electrons. The number of aromatic nitrogens is 2. The summed E-state index contributed by atoms with van der Waals surface area (Å²) in [6.45, 7) is 4.56. The maximum Gasteiger partial charge on any atom is 0.276 e. The van der Waals surface area contributed by atoms with Crippen molar-refractivity contribution in [1.82, 2.24) is 10.2 Å². The smallest absolute Gasteiger partial charge is 0.276 e. The molecule has 2 heterocycles. The number of hydrogen-bond acceptors (Lipinski definition) is 5. The maximum absolute atomic E-state index is 12.3. The zero-order valence-corrected chi connectivity index (χ0v) is 14.6. The summed E-state index contributed by atoms with van der Waals surface area (Å²) in [5.41, 5.74) is 1.01. The number of nitrogens with one attached hydrogen (secondary N) is 1. The summed E-state index contributed by atoms with van der Waals surface area (Å²) in [6.07, 6.45) is 4.91. The standard InChI is InChI=1S/C19H24N4O2/c1-2-25-16-9-7-15(8-10-16)20-19(24)17-11-12-18(22-21-17)23-13-5-3-4-6-14-23/h7-12H,2-6,13-14H2,1H3,(H,20,24). The highest BCUT2D eigenvalue weighted by atomic mass is 16.5. The molecule has 0 aliphatic carbocycles. The zero-order valence-electron chi connectivity index (χ0n) is 14.6. The van der Waals surface area contributed by atoms with Gasteiger partial charge in [-0.15, -0.1) is 10.2 Å². The van der Waals surface area contributed by atoms with Crippen LogP contribution in [0.15, 0.2) is 36.4 Å². The van der Waals surface area contributed by atoms with E-state index in [4.69, 9.17) is 4.74 Å². The van der Waals surface area contributed by atoms with Crippen molar-refractivity contribution in [2.24, 2.45) is 0 Å². The molecule has 25 heavy (non-hydrogen) atoms. The van der Waals surface area contributed by atoms with E-state index in [2.05, 4.69) is 20.4 Å². The van der Waals surface area contributed by atoms with Gasteiger partial charge in [-0.2, -0.15) is 0 Å². The first-order valence-electron chi connectivity index (χ1n) is 8.89. The fourth-order valence-electron chi connectivity index (χ4n) is 2.91. The van der Waals surface area contributed by atoms with Gasteiger partial charge in [0.2, 0.25) is 0 Å². The van der Waals surface area contributed by atoms with Crippen molar-refractivity contribution in [3.8, 4) is 5.75 Å². The molecule has 1 amide bonds. The largest absolute Gasteiger partial charge is 0.494 e. The van der Waals surface area contributed by atoms with Crippen LogP contribution in [0.25, 0.3) is 0 Å². The molecule has 1 aliphatic rings. The first-order chi connectivity index (χ1) is 12.3. The van der Waals surface area contributed by atoms with Gasteiger partial charge >= 0.3 is 0 Å². The highest BCUT2D eigenvalue weighted by Crippen LogP contribution is 2.18. The average molecular weight is 340 g/mol. The number of carbonyl (C=O) groups excluding carboxylic acids is 1. The van der Waals surface area contributed by atoms with E-state index in [1.54, 1.807) is 6.07 Å². The van der Waals surface area contributed by atoms with E-state index in [-0.39, 0.29) is 5.91 Å². The molecule has 1 aromatic heterocycles. The molecule has 1 aliphatic heterocycles. The third kappa shape index (κ3) is 4.68. The molecular formula is C19H24N4O2. The first kappa shape index (κ1) is 17.2. The van der Waals surface area contributed by atoms with E-state index in [1.165, 1.54) is 25.7 Å². The predicted octanol–water partition coefficient (Wildman–Crippen LogP) is 3.51. The van der Waals surface area contributed by atoms with Gasteiger partial charge in [0, 0.05) is 18.8 Å². The Hall–Kier alpha value is -2.63. The van der Waals surface area contributed by atoms with E-state index < -0.39 is 0 Å². The highest BCUT2D eigenvalue weighted by molar-refractivity contribution is 6.02. The van der Waals surface area contributed by atoms with Crippen molar-refractivity contribution in [3.05, 3.63) is 42.1 Å². The van der Waals surface area contributed by atoms with E-state index in [9.17, 15) is 4.79 Å². The monoisotopic (exact) mass is 340 g/mol. The topological polar surface area (TPSA) is 67.3 Å². The molecule has 0 unspecified atom stereocenters. The Balaban J connectivity index is 1.62. The molecule has 1 aromatic carbocycles. The Bertz CT molecular complexity index is 678. The van der Waals surface area contributed by atoms with Crippen LogP contribution in [-0.2, 0) is 0 Å². The summed E-state index contributed by atoms with van der Waals surface area (Å²) in [6, 6.07) is 10.9. The summed E-state index contributed by atoms with van der Waals surface area (Å²) < 4.78 is 5.39. The number of carbonyl (C=O) groups is 1. The van der Waals surface area contributed by atoms with Crippen LogP contribution >= 0.6 is 0 Å². The maximum atomic E-state index is 12.3. The minimum atomic E-state index is -0.265. The predicted molar refractivity (Wildman–Crippen MR) is 98.3 cm³/mol. The second kappa shape index (κ2) is 8.46. The number of rotatable bonds is 5. The van der Waals surface area contributed by atoms with Crippen LogP contribution < -0.4 is 15.0 Å². The molecule has 1 N–H and O–H groups in total. The molecule has 2 aromatic rings. The molecule has 132 valence electrons. The fourth-order valence-corrected chi connectivity index (χ4v) is 2.91. The van der Waals surface area contributed by atoms with Crippen LogP contribution in [0.1, 0.15) is 43.1 Å². The van der Waals surface area contributed by atoms with Gasteiger partial charge in [-0.25, -0.2) is 0 Å². The molecule has 3 rings (SSSR count). The Kier molecular flexibility index (Phi) is 5.82. The van der Waals surface area contributed by atoms with Gasteiger partial charge in [-0.05, 0) is 56.2 Å². The minimum absolute atomic E-state index is 0.265. The zero-order chi connectivity index (χ0) is 17.5. The van der Waals surface area contributed by atoms with Crippen LogP contribution in [0.4, 0.5) is 11.5 Å². The van der Waals surface area contributed by atoms with E-state index >= 15 is 0 Å². The van der Waals surface area contributed by atoms with Crippen LogP contribution in [-0.4, -0.2) is 35.8 Å². The molecule has 1 saturated heterocycles. The van der Waals surface area contributed by atoms with Crippen molar-refractivity contribution in [3.63, 3.8) is 0 Å². The van der Waals surface area contributed by atoms with Crippen molar-refractivity contribution < 1.29 is 9.53 Å². The molecular weight excluding hydrogens is 316 g/mol. The van der Waals surface area contributed by atoms with Crippen LogP contribution in [0.2, 0.25) is 0 Å². The number of amides is 1. The first-order valence-corrected chi connectivity index (χ1v) is 8.89. The lowest BCUT2D eigenvalue weighted by Crippen LogP contribution is -2.25. The van der Waals surface area contributed by atoms with E-state index in [1.807, 2.05) is 37.3 Å². The molecule has 0 saturated carbocycles. The molecule has 6 nitrogen and oxygen atoms in total. The highest BCUT2D eigenvalue weighted by Gasteiger charge is 2.13. The molecule has 0 atom stereocenters. The third-order valence-electron chi connectivity index (χ3n) is 4.24. The molecule has 1 fully saturated rings. The van der Waals surface area contributed by atoms with Crippen molar-refractivity contribution in [2.45, 2.75) is 32.6 Å². The second-order valence-corrected chi connectivity index (χ2v) is 6.09. The number of anilines is 2. The fraction of sp³-hybridized carbons (Fsp3) is 0.421. The summed E-state index contributed by atoms with van der Waals surface area (Å²) in [4.78, 5) is 14.6. The normalized spacial score (nSPS) is 14.7. The molecule has 0 spiro atoms.